The molecule has 16 heavy (non-hydrogen) atoms. The number of hydrogen-bond acceptors (Lipinski definition) is 2. The molecule has 0 heterocycles. The van der Waals surface area contributed by atoms with Crippen molar-refractivity contribution in [2.45, 2.75) is 12.5 Å². The van der Waals surface area contributed by atoms with Crippen LogP contribution < -0.4 is 5.32 Å². The average Bonchev–Trinajstić information content (AvgIpc) is 2.29. The van der Waals surface area contributed by atoms with E-state index in [0.717, 1.165) is 0 Å². The van der Waals surface area contributed by atoms with Crippen LogP contribution in [0.4, 0.5) is 4.39 Å². The molecule has 1 unspecified atom stereocenters. The molecule has 0 aromatic heterocycles. The number of nitrogens with one attached hydrogen (secondary N) is 1. The highest BCUT2D eigenvalue weighted by Crippen LogP contribution is 2.26. The normalized spacial score (nSPS) is 13.6. The van der Waals surface area contributed by atoms with E-state index in [1.165, 1.54) is 6.07 Å². The number of nitriles is 1. The average molecular weight is 281 g/mol. The molecule has 1 aromatic carbocycles. The lowest BCUT2D eigenvalue weighted by Crippen LogP contribution is -2.39. The Hall–Kier alpha value is -1.36. The van der Waals surface area contributed by atoms with Crippen LogP contribution in [0.3, 0.4) is 0 Å². The van der Waals surface area contributed by atoms with Crippen molar-refractivity contribution in [2.24, 2.45) is 0 Å². The van der Waals surface area contributed by atoms with Crippen LogP contribution in [0.2, 0.25) is 0 Å². The molecule has 0 spiro atoms. The first kappa shape index (κ1) is 12.7. The molecule has 0 aliphatic rings. The van der Waals surface area contributed by atoms with Crippen LogP contribution in [0, 0.1) is 29.5 Å². The lowest BCUT2D eigenvalue weighted by Gasteiger charge is -2.23. The molecule has 0 bridgehead atoms. The summed E-state index contributed by atoms with van der Waals surface area (Å²) in [5.74, 6) is 1.93. The lowest BCUT2D eigenvalue weighted by molar-refractivity contribution is 0.465. The van der Waals surface area contributed by atoms with E-state index in [1.54, 1.807) is 19.1 Å². The van der Waals surface area contributed by atoms with Crippen molar-refractivity contribution in [1.29, 1.82) is 5.26 Å². The molecule has 1 aromatic rings. The zero-order valence-electron chi connectivity index (χ0n) is 8.72. The molecule has 0 radical (unpaired) electrons. The van der Waals surface area contributed by atoms with Gasteiger partial charge in [-0.05, 0) is 25.1 Å². The summed E-state index contributed by atoms with van der Waals surface area (Å²) in [5, 5.41) is 11.9. The van der Waals surface area contributed by atoms with Crippen molar-refractivity contribution < 1.29 is 4.39 Å². The van der Waals surface area contributed by atoms with Gasteiger partial charge in [0.05, 0.1) is 12.6 Å². The fraction of sp³-hybridized carbons (Fsp3) is 0.250. The van der Waals surface area contributed by atoms with Crippen LogP contribution in [-0.2, 0) is 5.54 Å². The molecule has 0 saturated heterocycles. The Morgan fingerprint density at radius 1 is 1.62 bits per heavy atom. The SMILES string of the molecule is C#CCNC(C)(C#N)c1cc(Br)ccc1F. The minimum absolute atomic E-state index is 0.204. The highest BCUT2D eigenvalue weighted by atomic mass is 79.9. The number of rotatable bonds is 3. The molecular formula is C12H10BrFN2. The van der Waals surface area contributed by atoms with Crippen LogP contribution >= 0.6 is 15.9 Å². The Labute approximate surface area is 103 Å². The van der Waals surface area contributed by atoms with Crippen LogP contribution in [0.5, 0.6) is 0 Å². The number of benzene rings is 1. The van der Waals surface area contributed by atoms with E-state index < -0.39 is 11.4 Å². The zero-order valence-corrected chi connectivity index (χ0v) is 10.3. The van der Waals surface area contributed by atoms with Crippen LogP contribution in [0.25, 0.3) is 0 Å². The fourth-order valence-electron chi connectivity index (χ4n) is 1.30. The Morgan fingerprint density at radius 2 is 2.31 bits per heavy atom. The standard InChI is InChI=1S/C12H10BrFN2/c1-3-6-16-12(2,8-15)10-7-9(13)4-5-11(10)14/h1,4-5,7,16H,6H2,2H3. The maximum Gasteiger partial charge on any atom is 0.133 e. The highest BCUT2D eigenvalue weighted by Gasteiger charge is 2.28. The number of nitrogens with zero attached hydrogens (tertiary/aromatic N) is 1. The first-order valence-corrected chi connectivity index (χ1v) is 5.38. The Bertz CT molecular complexity index is 473. The van der Waals surface area contributed by atoms with Crippen molar-refractivity contribution in [3.05, 3.63) is 34.1 Å². The van der Waals surface area contributed by atoms with Crippen LogP contribution in [0.15, 0.2) is 22.7 Å². The van der Waals surface area contributed by atoms with Gasteiger partial charge in [-0.25, -0.2) is 4.39 Å². The summed E-state index contributed by atoms with van der Waals surface area (Å²) in [6, 6.07) is 6.49. The minimum atomic E-state index is -1.12. The van der Waals surface area contributed by atoms with Gasteiger partial charge in [0.2, 0.25) is 0 Å². The third-order valence-corrected chi connectivity index (χ3v) is 2.73. The number of halogens is 2. The topological polar surface area (TPSA) is 35.8 Å². The van der Waals surface area contributed by atoms with Crippen molar-refractivity contribution in [3.63, 3.8) is 0 Å². The third-order valence-electron chi connectivity index (χ3n) is 2.23. The molecule has 2 nitrogen and oxygen atoms in total. The molecule has 0 aliphatic heterocycles. The van der Waals surface area contributed by atoms with Crippen LogP contribution in [-0.4, -0.2) is 6.54 Å². The van der Waals surface area contributed by atoms with E-state index in [9.17, 15) is 4.39 Å². The second-order valence-corrected chi connectivity index (χ2v) is 4.33. The van der Waals surface area contributed by atoms with Gasteiger partial charge in [-0.2, -0.15) is 5.26 Å². The second-order valence-electron chi connectivity index (χ2n) is 3.42. The molecule has 4 heteroatoms. The monoisotopic (exact) mass is 280 g/mol. The molecule has 0 saturated carbocycles. The van der Waals surface area contributed by atoms with Gasteiger partial charge in [0.25, 0.3) is 0 Å². The Balaban J connectivity index is 3.18. The van der Waals surface area contributed by atoms with E-state index >= 15 is 0 Å². The summed E-state index contributed by atoms with van der Waals surface area (Å²) in [6.07, 6.45) is 5.11. The summed E-state index contributed by atoms with van der Waals surface area (Å²) < 4.78 is 14.3. The molecule has 1 N–H and O–H groups in total. The Kier molecular flexibility index (Phi) is 4.06. The quantitative estimate of drug-likeness (QED) is 0.864. The van der Waals surface area contributed by atoms with Gasteiger partial charge < -0.3 is 0 Å². The largest absolute Gasteiger partial charge is 0.285 e. The van der Waals surface area contributed by atoms with E-state index in [0.29, 0.717) is 4.47 Å². The second kappa shape index (κ2) is 5.12. The highest BCUT2D eigenvalue weighted by molar-refractivity contribution is 9.10. The zero-order chi connectivity index (χ0) is 12.2. The lowest BCUT2D eigenvalue weighted by atomic mass is 9.93. The van der Waals surface area contributed by atoms with E-state index in [1.807, 2.05) is 6.07 Å². The van der Waals surface area contributed by atoms with E-state index in [4.69, 9.17) is 11.7 Å². The minimum Gasteiger partial charge on any atom is -0.285 e. The molecule has 0 aliphatic carbocycles. The summed E-state index contributed by atoms with van der Waals surface area (Å²) in [5.41, 5.74) is -0.847. The predicted octanol–water partition coefficient (Wildman–Crippen LogP) is 2.55. The van der Waals surface area contributed by atoms with Crippen LogP contribution in [0.1, 0.15) is 12.5 Å². The van der Waals surface area contributed by atoms with E-state index in [2.05, 4.69) is 27.2 Å². The molecule has 1 rings (SSSR count). The molecule has 0 amide bonds. The molecule has 1 atom stereocenters. The van der Waals surface area contributed by atoms with Crippen molar-refractivity contribution in [1.82, 2.24) is 5.32 Å². The van der Waals surface area contributed by atoms with Crippen molar-refractivity contribution >= 4 is 15.9 Å². The maximum absolute atomic E-state index is 13.6. The van der Waals surface area contributed by atoms with Gasteiger partial charge in [-0.1, -0.05) is 21.9 Å². The summed E-state index contributed by atoms with van der Waals surface area (Å²) in [7, 11) is 0. The summed E-state index contributed by atoms with van der Waals surface area (Å²) in [6.45, 7) is 1.80. The maximum atomic E-state index is 13.6. The predicted molar refractivity (Wildman–Crippen MR) is 63.9 cm³/mol. The number of hydrogen-bond donors (Lipinski definition) is 1. The van der Waals surface area contributed by atoms with Gasteiger partial charge in [0, 0.05) is 10.0 Å². The third kappa shape index (κ3) is 2.61. The van der Waals surface area contributed by atoms with Gasteiger partial charge in [0.15, 0.2) is 0 Å². The summed E-state index contributed by atoms with van der Waals surface area (Å²) in [4.78, 5) is 0. The molecular weight excluding hydrogens is 271 g/mol. The Morgan fingerprint density at radius 3 is 2.88 bits per heavy atom. The van der Waals surface area contributed by atoms with Gasteiger partial charge in [-0.3, -0.25) is 5.32 Å². The fourth-order valence-corrected chi connectivity index (χ4v) is 1.66. The smallest absolute Gasteiger partial charge is 0.133 e. The summed E-state index contributed by atoms with van der Waals surface area (Å²) >= 11 is 3.24. The van der Waals surface area contributed by atoms with Crippen molar-refractivity contribution in [3.8, 4) is 18.4 Å². The molecule has 0 fully saturated rings. The first-order chi connectivity index (χ1) is 7.53. The molecule has 82 valence electrons. The first-order valence-electron chi connectivity index (χ1n) is 4.59. The number of terminal acetylenes is 1. The van der Waals surface area contributed by atoms with Gasteiger partial charge in [-0.15, -0.1) is 6.42 Å². The van der Waals surface area contributed by atoms with E-state index in [-0.39, 0.29) is 12.1 Å². The van der Waals surface area contributed by atoms with Gasteiger partial charge in [0.1, 0.15) is 11.4 Å². The van der Waals surface area contributed by atoms with Gasteiger partial charge >= 0.3 is 0 Å². The van der Waals surface area contributed by atoms with Crippen molar-refractivity contribution in [2.75, 3.05) is 6.54 Å².